The van der Waals surface area contributed by atoms with E-state index in [0.717, 1.165) is 11.1 Å². The molecule has 1 fully saturated rings. The third kappa shape index (κ3) is 5.58. The molecule has 1 unspecified atom stereocenters. The van der Waals surface area contributed by atoms with E-state index in [2.05, 4.69) is 17.2 Å². The summed E-state index contributed by atoms with van der Waals surface area (Å²) in [5, 5.41) is 6.33. The van der Waals surface area contributed by atoms with E-state index in [1.54, 1.807) is 6.07 Å². The number of aromatic nitrogens is 1. The molecule has 0 aliphatic carbocycles. The number of nitrogens with zero attached hydrogens (tertiary/aromatic N) is 3. The number of anilines is 1. The van der Waals surface area contributed by atoms with Crippen molar-refractivity contribution in [2.75, 3.05) is 39.8 Å². The van der Waals surface area contributed by atoms with Crippen LogP contribution in [0.1, 0.15) is 12.0 Å². The molecular formula is C30H31F2N5O4. The van der Waals surface area contributed by atoms with Gasteiger partial charge in [-0.2, -0.15) is 0 Å². The Kier molecular flexibility index (Phi) is 8.16. The molecule has 2 aliphatic heterocycles. The SMILES string of the molecule is C=CC(=O)NC1CCOC[C@H]1N=C1Nc2c(cc(-c3c(F)c(OC)cc(OC)c3F)nc2-c2ccccc2)CN1C. The lowest BCUT2D eigenvalue weighted by Crippen LogP contribution is -2.49. The number of guanidine groups is 1. The van der Waals surface area contributed by atoms with Crippen molar-refractivity contribution in [1.29, 1.82) is 0 Å². The number of carbonyl (C=O) groups excluding carboxylic acids is 1. The fourth-order valence-electron chi connectivity index (χ4n) is 4.99. The average molecular weight is 564 g/mol. The Labute approximate surface area is 236 Å². The maximum absolute atomic E-state index is 15.5. The number of aliphatic imine (C=N–C) groups is 1. The molecule has 0 radical (unpaired) electrons. The first-order valence-corrected chi connectivity index (χ1v) is 13.1. The van der Waals surface area contributed by atoms with Crippen molar-refractivity contribution in [2.45, 2.75) is 25.0 Å². The molecule has 3 heterocycles. The Hall–Kier alpha value is -4.51. The Morgan fingerprint density at radius 3 is 2.56 bits per heavy atom. The summed E-state index contributed by atoms with van der Waals surface area (Å²) in [6.45, 7) is 4.76. The minimum atomic E-state index is -0.874. The monoisotopic (exact) mass is 563 g/mol. The molecule has 214 valence electrons. The zero-order valence-corrected chi connectivity index (χ0v) is 23.0. The lowest BCUT2D eigenvalue weighted by atomic mass is 9.99. The number of amides is 1. The van der Waals surface area contributed by atoms with Crippen LogP contribution < -0.4 is 20.1 Å². The summed E-state index contributed by atoms with van der Waals surface area (Å²) in [7, 11) is 4.47. The second-order valence-corrected chi connectivity index (χ2v) is 9.72. The van der Waals surface area contributed by atoms with Crippen molar-refractivity contribution < 1.29 is 27.8 Å². The normalized spacial score (nSPS) is 19.2. The zero-order chi connectivity index (χ0) is 29.1. The highest BCUT2D eigenvalue weighted by molar-refractivity contribution is 6.00. The number of carbonyl (C=O) groups is 1. The van der Waals surface area contributed by atoms with Gasteiger partial charge in [0.25, 0.3) is 0 Å². The van der Waals surface area contributed by atoms with Crippen LogP contribution in [-0.4, -0.2) is 68.3 Å². The molecule has 0 saturated carbocycles. The Bertz CT molecular complexity index is 1470. The molecule has 1 saturated heterocycles. The highest BCUT2D eigenvalue weighted by Crippen LogP contribution is 2.41. The van der Waals surface area contributed by atoms with Gasteiger partial charge in [0.15, 0.2) is 29.1 Å². The van der Waals surface area contributed by atoms with E-state index in [4.69, 9.17) is 24.2 Å². The first-order chi connectivity index (χ1) is 19.8. The number of pyridine rings is 1. The first kappa shape index (κ1) is 28.0. The average Bonchev–Trinajstić information content (AvgIpc) is 2.98. The van der Waals surface area contributed by atoms with Crippen molar-refractivity contribution in [3.8, 4) is 34.0 Å². The van der Waals surface area contributed by atoms with Crippen LogP contribution in [0.5, 0.6) is 11.5 Å². The van der Waals surface area contributed by atoms with Crippen molar-refractivity contribution in [1.82, 2.24) is 15.2 Å². The molecule has 9 nitrogen and oxygen atoms in total. The van der Waals surface area contributed by atoms with Crippen LogP contribution in [0.4, 0.5) is 14.5 Å². The van der Waals surface area contributed by atoms with Crippen LogP contribution in [0, 0.1) is 11.6 Å². The third-order valence-electron chi connectivity index (χ3n) is 7.11. The standard InChI is InChI=1S/C30H31F2N5O4/c1-5-24(38)33-19-11-12-41-16-21(19)35-30-36-29-18(15-37(30)2)13-20(34-28(29)17-9-7-6-8-10-17)25-26(31)22(39-3)14-23(40-4)27(25)32/h5-10,13-14,19,21H,1,11-12,15-16H2,2-4H3,(H,33,38)(H,35,36)/t19?,21-/m1/s1. The second kappa shape index (κ2) is 11.9. The first-order valence-electron chi connectivity index (χ1n) is 13.1. The van der Waals surface area contributed by atoms with Gasteiger partial charge in [0.05, 0.1) is 55.5 Å². The lowest BCUT2D eigenvalue weighted by molar-refractivity contribution is -0.117. The van der Waals surface area contributed by atoms with Crippen LogP contribution in [-0.2, 0) is 16.1 Å². The molecule has 1 amide bonds. The second-order valence-electron chi connectivity index (χ2n) is 9.72. The maximum Gasteiger partial charge on any atom is 0.243 e. The van der Waals surface area contributed by atoms with E-state index < -0.39 is 11.6 Å². The summed E-state index contributed by atoms with van der Waals surface area (Å²) in [6.07, 6.45) is 1.85. The smallest absolute Gasteiger partial charge is 0.243 e. The van der Waals surface area contributed by atoms with E-state index in [-0.39, 0.29) is 40.7 Å². The van der Waals surface area contributed by atoms with E-state index in [1.807, 2.05) is 42.3 Å². The molecule has 11 heteroatoms. The quantitative estimate of drug-likeness (QED) is 0.412. The van der Waals surface area contributed by atoms with Crippen LogP contribution in [0.3, 0.4) is 0 Å². The molecule has 5 rings (SSSR count). The largest absolute Gasteiger partial charge is 0.494 e. The molecule has 3 aromatic rings. The number of methoxy groups -OCH3 is 2. The fourth-order valence-corrected chi connectivity index (χ4v) is 4.99. The Morgan fingerprint density at radius 2 is 1.90 bits per heavy atom. The predicted molar refractivity (Wildman–Crippen MR) is 152 cm³/mol. The van der Waals surface area contributed by atoms with Crippen molar-refractivity contribution in [3.63, 3.8) is 0 Å². The third-order valence-corrected chi connectivity index (χ3v) is 7.11. The number of halogens is 2. The molecule has 2 aliphatic rings. The molecular weight excluding hydrogens is 532 g/mol. The number of ether oxygens (including phenoxy) is 3. The minimum Gasteiger partial charge on any atom is -0.494 e. The molecule has 41 heavy (non-hydrogen) atoms. The topological polar surface area (TPSA) is 97.3 Å². The maximum atomic E-state index is 15.5. The molecule has 2 atom stereocenters. The number of hydrogen-bond acceptors (Lipinski definition) is 6. The Balaban J connectivity index is 1.62. The van der Waals surface area contributed by atoms with Gasteiger partial charge in [0.2, 0.25) is 5.91 Å². The summed E-state index contributed by atoms with van der Waals surface area (Å²) < 4.78 is 47.0. The highest BCUT2D eigenvalue weighted by atomic mass is 19.1. The van der Waals surface area contributed by atoms with E-state index in [1.165, 1.54) is 26.4 Å². The summed E-state index contributed by atoms with van der Waals surface area (Å²) in [5.74, 6) is -1.77. The minimum absolute atomic E-state index is 0.0956. The predicted octanol–water partition coefficient (Wildman–Crippen LogP) is 4.38. The molecule has 0 bridgehead atoms. The van der Waals surface area contributed by atoms with Crippen LogP contribution >= 0.6 is 0 Å². The number of fused-ring (bicyclic) bond motifs is 1. The molecule has 2 aromatic carbocycles. The number of hydrogen-bond donors (Lipinski definition) is 2. The Morgan fingerprint density at radius 1 is 1.20 bits per heavy atom. The van der Waals surface area contributed by atoms with Gasteiger partial charge in [0.1, 0.15) is 0 Å². The number of benzene rings is 2. The van der Waals surface area contributed by atoms with Gasteiger partial charge in [-0.15, -0.1) is 0 Å². The van der Waals surface area contributed by atoms with Crippen molar-refractivity contribution >= 4 is 17.6 Å². The van der Waals surface area contributed by atoms with E-state index >= 15 is 8.78 Å². The summed E-state index contributed by atoms with van der Waals surface area (Å²) in [5.41, 5.74) is 2.41. The molecule has 0 spiro atoms. The van der Waals surface area contributed by atoms with Crippen LogP contribution in [0.2, 0.25) is 0 Å². The van der Waals surface area contributed by atoms with Gasteiger partial charge in [-0.25, -0.2) is 18.8 Å². The number of nitrogens with one attached hydrogen (secondary N) is 2. The van der Waals surface area contributed by atoms with E-state index in [9.17, 15) is 4.79 Å². The summed E-state index contributed by atoms with van der Waals surface area (Å²) >= 11 is 0. The van der Waals surface area contributed by atoms with Crippen LogP contribution in [0.25, 0.3) is 22.5 Å². The molecule has 1 aromatic heterocycles. The summed E-state index contributed by atoms with van der Waals surface area (Å²) in [4.78, 5) is 23.6. The zero-order valence-electron chi connectivity index (χ0n) is 23.0. The van der Waals surface area contributed by atoms with Gasteiger partial charge < -0.3 is 29.7 Å². The van der Waals surface area contributed by atoms with Gasteiger partial charge >= 0.3 is 0 Å². The molecule has 2 N–H and O–H groups in total. The van der Waals surface area contributed by atoms with E-state index in [0.29, 0.717) is 43.5 Å². The summed E-state index contributed by atoms with van der Waals surface area (Å²) in [6, 6.07) is 11.6. The number of rotatable bonds is 7. The fraction of sp³-hybridized carbons (Fsp3) is 0.300. The van der Waals surface area contributed by atoms with Crippen LogP contribution in [0.15, 0.2) is 60.1 Å². The van der Waals surface area contributed by atoms with Gasteiger partial charge in [-0.05, 0) is 24.1 Å². The van der Waals surface area contributed by atoms with Crippen molar-refractivity contribution in [2.24, 2.45) is 4.99 Å². The highest BCUT2D eigenvalue weighted by Gasteiger charge is 2.31. The van der Waals surface area contributed by atoms with Crippen molar-refractivity contribution in [3.05, 3.63) is 72.3 Å². The van der Waals surface area contributed by atoms with Gasteiger partial charge in [0, 0.05) is 31.8 Å². The van der Waals surface area contributed by atoms with Gasteiger partial charge in [-0.1, -0.05) is 36.9 Å². The lowest BCUT2D eigenvalue weighted by Gasteiger charge is -2.34. The van der Waals surface area contributed by atoms with Gasteiger partial charge in [-0.3, -0.25) is 4.79 Å².